The molecule has 5 heteroatoms. The first kappa shape index (κ1) is 14.7. The first-order valence-electron chi connectivity index (χ1n) is 8.53. The Morgan fingerprint density at radius 3 is 3.09 bits per heavy atom. The van der Waals surface area contributed by atoms with Crippen molar-refractivity contribution in [3.8, 4) is 0 Å². The molecule has 3 heterocycles. The fourth-order valence-corrected chi connectivity index (χ4v) is 4.94. The number of amides is 1. The third kappa shape index (κ3) is 1.89. The van der Waals surface area contributed by atoms with E-state index in [1.54, 1.807) is 0 Å². The number of esters is 1. The van der Waals surface area contributed by atoms with Gasteiger partial charge in [-0.1, -0.05) is 11.6 Å². The lowest BCUT2D eigenvalue weighted by Crippen LogP contribution is -3.19. The lowest BCUT2D eigenvalue weighted by molar-refractivity contribution is -0.947. The van der Waals surface area contributed by atoms with Gasteiger partial charge >= 0.3 is 5.97 Å². The minimum atomic E-state index is -0.611. The molecular weight excluding hydrogens is 292 g/mol. The SMILES string of the molecule is CCOC(=O)[C@H]1C[C@]2(C(=O)Nc3ccc(C)cc32)[NH+]2CCC[C@@H]12. The molecule has 1 aromatic carbocycles. The van der Waals surface area contributed by atoms with E-state index in [1.807, 2.05) is 26.0 Å². The van der Waals surface area contributed by atoms with Crippen LogP contribution in [-0.4, -0.2) is 31.1 Å². The zero-order chi connectivity index (χ0) is 16.2. The smallest absolute Gasteiger partial charge is 0.315 e. The summed E-state index contributed by atoms with van der Waals surface area (Å²) in [6.07, 6.45) is 2.62. The third-order valence-electron chi connectivity index (χ3n) is 5.83. The predicted octanol–water partition coefficient (Wildman–Crippen LogP) is 0.773. The molecule has 1 amide bonds. The summed E-state index contributed by atoms with van der Waals surface area (Å²) in [6.45, 7) is 5.22. The van der Waals surface area contributed by atoms with Gasteiger partial charge in [-0.15, -0.1) is 0 Å². The summed E-state index contributed by atoms with van der Waals surface area (Å²) in [5, 5.41) is 3.05. The van der Waals surface area contributed by atoms with Gasteiger partial charge in [0.15, 0.2) is 0 Å². The average Bonchev–Trinajstić information content (AvgIpc) is 3.16. The van der Waals surface area contributed by atoms with Gasteiger partial charge in [-0.3, -0.25) is 9.59 Å². The van der Waals surface area contributed by atoms with Gasteiger partial charge < -0.3 is 15.0 Å². The molecule has 0 aromatic heterocycles. The normalized spacial score (nSPS) is 34.3. The van der Waals surface area contributed by atoms with Gasteiger partial charge in [0.1, 0.15) is 12.0 Å². The summed E-state index contributed by atoms with van der Waals surface area (Å²) in [7, 11) is 0. The largest absolute Gasteiger partial charge is 0.466 e. The zero-order valence-electron chi connectivity index (χ0n) is 13.6. The van der Waals surface area contributed by atoms with Crippen molar-refractivity contribution in [3.63, 3.8) is 0 Å². The summed E-state index contributed by atoms with van der Waals surface area (Å²) in [4.78, 5) is 26.7. The highest BCUT2D eigenvalue weighted by Gasteiger charge is 2.67. The van der Waals surface area contributed by atoms with E-state index in [2.05, 4.69) is 11.4 Å². The molecule has 3 aliphatic rings. The number of ether oxygens (including phenoxy) is 1. The highest BCUT2D eigenvalue weighted by atomic mass is 16.5. The minimum Gasteiger partial charge on any atom is -0.466 e. The molecule has 122 valence electrons. The highest BCUT2D eigenvalue weighted by Crippen LogP contribution is 2.44. The molecule has 0 aliphatic carbocycles. The Kier molecular flexibility index (Phi) is 3.23. The number of benzene rings is 1. The highest BCUT2D eigenvalue weighted by molar-refractivity contribution is 6.05. The van der Waals surface area contributed by atoms with E-state index in [4.69, 9.17) is 4.74 Å². The van der Waals surface area contributed by atoms with Gasteiger partial charge in [-0.05, 0) is 26.0 Å². The fourth-order valence-electron chi connectivity index (χ4n) is 4.94. The molecule has 4 rings (SSSR count). The number of nitrogens with one attached hydrogen (secondary N) is 2. The van der Waals surface area contributed by atoms with E-state index in [-0.39, 0.29) is 23.8 Å². The Morgan fingerprint density at radius 1 is 1.48 bits per heavy atom. The van der Waals surface area contributed by atoms with Crippen LogP contribution < -0.4 is 10.2 Å². The zero-order valence-corrected chi connectivity index (χ0v) is 13.6. The summed E-state index contributed by atoms with van der Waals surface area (Å²) >= 11 is 0. The van der Waals surface area contributed by atoms with Crippen LogP contribution in [0.4, 0.5) is 5.69 Å². The molecule has 5 nitrogen and oxygen atoms in total. The average molecular weight is 315 g/mol. The lowest BCUT2D eigenvalue weighted by Gasteiger charge is -2.29. The second-order valence-electron chi connectivity index (χ2n) is 7.00. The predicted molar refractivity (Wildman–Crippen MR) is 85.1 cm³/mol. The van der Waals surface area contributed by atoms with Gasteiger partial charge in [0.05, 0.1) is 18.8 Å². The van der Waals surface area contributed by atoms with Crippen molar-refractivity contribution in [2.45, 2.75) is 44.7 Å². The minimum absolute atomic E-state index is 0.0480. The number of anilines is 1. The van der Waals surface area contributed by atoms with Crippen LogP contribution in [0.2, 0.25) is 0 Å². The van der Waals surface area contributed by atoms with Crippen LogP contribution in [0.15, 0.2) is 18.2 Å². The standard InChI is InChI=1S/C18H22N2O3/c1-3-23-16(21)12-10-18(20-8-4-5-15(12)20)13-9-11(2)6-7-14(13)19-17(18)22/h6-7,9,12,15H,3-5,8,10H2,1-2H3,(H,19,22)/p+1/t12-,15-,18-/m0/s1. The van der Waals surface area contributed by atoms with Crippen LogP contribution >= 0.6 is 0 Å². The van der Waals surface area contributed by atoms with Crippen molar-refractivity contribution < 1.29 is 19.2 Å². The number of carbonyl (C=O) groups is 2. The lowest BCUT2D eigenvalue weighted by atomic mass is 9.84. The number of carbonyl (C=O) groups excluding carboxylic acids is 2. The van der Waals surface area contributed by atoms with Crippen LogP contribution in [0, 0.1) is 12.8 Å². The molecule has 1 aromatic rings. The van der Waals surface area contributed by atoms with Gasteiger partial charge in [0.2, 0.25) is 5.54 Å². The number of aryl methyl sites for hydroxylation is 1. The van der Waals surface area contributed by atoms with Crippen molar-refractivity contribution in [1.29, 1.82) is 0 Å². The first-order chi connectivity index (χ1) is 11.1. The number of rotatable bonds is 2. The van der Waals surface area contributed by atoms with Crippen LogP contribution in [0.3, 0.4) is 0 Å². The van der Waals surface area contributed by atoms with Gasteiger partial charge in [0, 0.05) is 24.8 Å². The second-order valence-corrected chi connectivity index (χ2v) is 7.00. The van der Waals surface area contributed by atoms with Crippen molar-refractivity contribution >= 4 is 17.6 Å². The van der Waals surface area contributed by atoms with Crippen molar-refractivity contribution in [2.75, 3.05) is 18.5 Å². The Bertz CT molecular complexity index is 687. The molecule has 1 spiro atoms. The number of fused-ring (bicyclic) bond motifs is 4. The maximum atomic E-state index is 13.0. The molecule has 0 bridgehead atoms. The Labute approximate surface area is 136 Å². The Balaban J connectivity index is 1.81. The van der Waals surface area contributed by atoms with E-state index >= 15 is 0 Å². The van der Waals surface area contributed by atoms with Gasteiger partial charge in [0.25, 0.3) is 5.91 Å². The molecule has 1 unspecified atom stereocenters. The Morgan fingerprint density at radius 2 is 2.30 bits per heavy atom. The van der Waals surface area contributed by atoms with E-state index in [9.17, 15) is 9.59 Å². The van der Waals surface area contributed by atoms with Crippen molar-refractivity contribution in [3.05, 3.63) is 29.3 Å². The van der Waals surface area contributed by atoms with E-state index in [1.165, 1.54) is 4.90 Å². The molecule has 23 heavy (non-hydrogen) atoms. The van der Waals surface area contributed by atoms with E-state index < -0.39 is 5.54 Å². The van der Waals surface area contributed by atoms with Gasteiger partial charge in [-0.25, -0.2) is 0 Å². The number of hydrogen-bond donors (Lipinski definition) is 2. The monoisotopic (exact) mass is 315 g/mol. The van der Waals surface area contributed by atoms with Crippen LogP contribution in [0.1, 0.15) is 37.3 Å². The molecule has 2 saturated heterocycles. The maximum Gasteiger partial charge on any atom is 0.315 e. The molecule has 4 atom stereocenters. The summed E-state index contributed by atoms with van der Waals surface area (Å²) in [5.74, 6) is -0.265. The van der Waals surface area contributed by atoms with Gasteiger partial charge in [-0.2, -0.15) is 0 Å². The van der Waals surface area contributed by atoms with Crippen LogP contribution in [0.5, 0.6) is 0 Å². The van der Waals surface area contributed by atoms with Crippen molar-refractivity contribution in [1.82, 2.24) is 0 Å². The first-order valence-corrected chi connectivity index (χ1v) is 8.53. The Hall–Kier alpha value is -1.88. The van der Waals surface area contributed by atoms with E-state index in [0.29, 0.717) is 13.0 Å². The summed E-state index contributed by atoms with van der Waals surface area (Å²) < 4.78 is 5.30. The topological polar surface area (TPSA) is 59.8 Å². The van der Waals surface area contributed by atoms with Crippen LogP contribution in [-0.2, 0) is 19.9 Å². The molecule has 2 N–H and O–H groups in total. The molecule has 0 saturated carbocycles. The van der Waals surface area contributed by atoms with E-state index in [0.717, 1.165) is 36.2 Å². The summed E-state index contributed by atoms with van der Waals surface area (Å²) in [6, 6.07) is 6.32. The molecular formula is C18H23N2O3+. The number of quaternary nitrogens is 1. The second kappa shape index (κ2) is 5.06. The molecule has 2 fully saturated rings. The van der Waals surface area contributed by atoms with Crippen LogP contribution in [0.25, 0.3) is 0 Å². The molecule has 3 aliphatic heterocycles. The van der Waals surface area contributed by atoms with Crippen molar-refractivity contribution in [2.24, 2.45) is 5.92 Å². The quantitative estimate of drug-likeness (QED) is 0.793. The third-order valence-corrected chi connectivity index (χ3v) is 5.83. The molecule has 0 radical (unpaired) electrons. The maximum absolute atomic E-state index is 13.0. The fraction of sp³-hybridized carbons (Fsp3) is 0.556. The summed E-state index contributed by atoms with van der Waals surface area (Å²) in [5.41, 5.74) is 2.51. The number of hydrogen-bond acceptors (Lipinski definition) is 3.